The molecule has 0 bridgehead atoms. The van der Waals surface area contributed by atoms with Crippen LogP contribution in [-0.2, 0) is 0 Å². The zero-order valence-electron chi connectivity index (χ0n) is 9.24. The Morgan fingerprint density at radius 1 is 1.25 bits per heavy atom. The minimum absolute atomic E-state index is 0.593. The predicted molar refractivity (Wildman–Crippen MR) is 71.8 cm³/mol. The van der Waals surface area contributed by atoms with Crippen LogP contribution in [0.4, 0.5) is 5.69 Å². The number of hydrogen-bond acceptors (Lipinski definition) is 2. The third kappa shape index (κ3) is 2.12. The van der Waals surface area contributed by atoms with Gasteiger partial charge in [0.15, 0.2) is 5.11 Å². The van der Waals surface area contributed by atoms with Gasteiger partial charge in [-0.2, -0.15) is 0 Å². The molecule has 1 aromatic heterocycles. The molecule has 2 rings (SSSR count). The SMILES string of the molecule is CNC(=S)Nc1cccc2ccc(C)nc12. The monoisotopic (exact) mass is 231 g/mol. The molecule has 0 radical (unpaired) electrons. The first-order valence-corrected chi connectivity index (χ1v) is 5.46. The molecule has 82 valence electrons. The van der Waals surface area contributed by atoms with Gasteiger partial charge in [0.25, 0.3) is 0 Å². The second-order valence-corrected chi connectivity index (χ2v) is 3.94. The lowest BCUT2D eigenvalue weighted by Crippen LogP contribution is -2.24. The van der Waals surface area contributed by atoms with Crippen LogP contribution in [-0.4, -0.2) is 17.1 Å². The molecule has 16 heavy (non-hydrogen) atoms. The van der Waals surface area contributed by atoms with Crippen molar-refractivity contribution < 1.29 is 0 Å². The largest absolute Gasteiger partial charge is 0.366 e. The lowest BCUT2D eigenvalue weighted by Gasteiger charge is -2.09. The zero-order valence-corrected chi connectivity index (χ0v) is 10.1. The molecule has 3 nitrogen and oxygen atoms in total. The molecule has 0 saturated carbocycles. The number of fused-ring (bicyclic) bond motifs is 1. The topological polar surface area (TPSA) is 37.0 Å². The molecule has 0 fully saturated rings. The van der Waals surface area contributed by atoms with Crippen molar-refractivity contribution in [2.24, 2.45) is 0 Å². The van der Waals surface area contributed by atoms with Crippen molar-refractivity contribution in [1.82, 2.24) is 10.3 Å². The number of para-hydroxylation sites is 1. The van der Waals surface area contributed by atoms with Crippen LogP contribution < -0.4 is 10.6 Å². The van der Waals surface area contributed by atoms with Crippen LogP contribution in [0.5, 0.6) is 0 Å². The normalized spacial score (nSPS) is 10.1. The highest BCUT2D eigenvalue weighted by Gasteiger charge is 2.03. The Balaban J connectivity index is 2.52. The number of nitrogens with one attached hydrogen (secondary N) is 2. The molecule has 1 aromatic carbocycles. The van der Waals surface area contributed by atoms with Gasteiger partial charge in [0, 0.05) is 18.1 Å². The van der Waals surface area contributed by atoms with E-state index in [-0.39, 0.29) is 0 Å². The maximum Gasteiger partial charge on any atom is 0.170 e. The number of pyridine rings is 1. The van der Waals surface area contributed by atoms with Gasteiger partial charge in [0.2, 0.25) is 0 Å². The summed E-state index contributed by atoms with van der Waals surface area (Å²) in [6, 6.07) is 10.1. The summed E-state index contributed by atoms with van der Waals surface area (Å²) in [5.41, 5.74) is 2.87. The Morgan fingerprint density at radius 2 is 2.06 bits per heavy atom. The lowest BCUT2D eigenvalue weighted by molar-refractivity contribution is 1.19. The Hall–Kier alpha value is -1.68. The van der Waals surface area contributed by atoms with Gasteiger partial charge in [0.05, 0.1) is 11.2 Å². The molecule has 0 saturated heterocycles. The maximum absolute atomic E-state index is 5.08. The second-order valence-electron chi connectivity index (χ2n) is 3.53. The molecule has 0 atom stereocenters. The Kier molecular flexibility index (Phi) is 3.01. The minimum Gasteiger partial charge on any atom is -0.366 e. The van der Waals surface area contributed by atoms with Crippen molar-refractivity contribution in [3.05, 3.63) is 36.0 Å². The highest BCUT2D eigenvalue weighted by Crippen LogP contribution is 2.21. The molecule has 0 spiro atoms. The highest BCUT2D eigenvalue weighted by molar-refractivity contribution is 7.80. The molecule has 0 aliphatic heterocycles. The molecule has 2 aromatic rings. The summed E-state index contributed by atoms with van der Waals surface area (Å²) in [4.78, 5) is 4.51. The number of thiocarbonyl (C=S) groups is 1. The molecule has 4 heteroatoms. The summed E-state index contributed by atoms with van der Waals surface area (Å²) < 4.78 is 0. The van der Waals surface area contributed by atoms with Crippen LogP contribution in [0.2, 0.25) is 0 Å². The van der Waals surface area contributed by atoms with Crippen LogP contribution in [0.25, 0.3) is 10.9 Å². The van der Waals surface area contributed by atoms with Gasteiger partial charge in [-0.25, -0.2) is 0 Å². The smallest absolute Gasteiger partial charge is 0.170 e. The fourth-order valence-electron chi connectivity index (χ4n) is 1.53. The zero-order chi connectivity index (χ0) is 11.5. The van der Waals surface area contributed by atoms with Gasteiger partial charge < -0.3 is 10.6 Å². The summed E-state index contributed by atoms with van der Waals surface area (Å²) >= 11 is 5.08. The van der Waals surface area contributed by atoms with Crippen molar-refractivity contribution in [3.8, 4) is 0 Å². The molecular formula is C12H13N3S. The van der Waals surface area contributed by atoms with Crippen LogP contribution in [0.1, 0.15) is 5.69 Å². The molecule has 2 N–H and O–H groups in total. The molecule has 0 amide bonds. The third-order valence-electron chi connectivity index (χ3n) is 2.33. The van der Waals surface area contributed by atoms with Gasteiger partial charge in [-0.05, 0) is 31.3 Å². The van der Waals surface area contributed by atoms with Gasteiger partial charge >= 0.3 is 0 Å². The van der Waals surface area contributed by atoms with Gasteiger partial charge in [-0.1, -0.05) is 18.2 Å². The van der Waals surface area contributed by atoms with E-state index < -0.39 is 0 Å². The number of benzene rings is 1. The van der Waals surface area contributed by atoms with Crippen molar-refractivity contribution in [3.63, 3.8) is 0 Å². The number of nitrogens with zero attached hydrogens (tertiary/aromatic N) is 1. The summed E-state index contributed by atoms with van der Waals surface area (Å²) in [5.74, 6) is 0. The van der Waals surface area contributed by atoms with Crippen molar-refractivity contribution in [2.75, 3.05) is 12.4 Å². The summed E-state index contributed by atoms with van der Waals surface area (Å²) in [6.45, 7) is 1.98. The van der Waals surface area contributed by atoms with E-state index in [4.69, 9.17) is 12.2 Å². The van der Waals surface area contributed by atoms with Crippen LogP contribution in [0.15, 0.2) is 30.3 Å². The third-order valence-corrected chi connectivity index (χ3v) is 2.64. The van der Waals surface area contributed by atoms with Crippen LogP contribution in [0, 0.1) is 6.92 Å². The summed E-state index contributed by atoms with van der Waals surface area (Å²) in [5, 5.41) is 7.70. The van der Waals surface area contributed by atoms with E-state index in [2.05, 4.69) is 21.7 Å². The Morgan fingerprint density at radius 3 is 2.81 bits per heavy atom. The Bertz CT molecular complexity index is 537. The molecular weight excluding hydrogens is 218 g/mol. The first kappa shape index (κ1) is 10.8. The number of anilines is 1. The minimum atomic E-state index is 0.593. The van der Waals surface area contributed by atoms with E-state index in [1.165, 1.54) is 0 Å². The first-order valence-electron chi connectivity index (χ1n) is 5.06. The molecule has 0 aliphatic rings. The molecule has 0 unspecified atom stereocenters. The van der Waals surface area contributed by atoms with E-state index >= 15 is 0 Å². The van der Waals surface area contributed by atoms with Crippen LogP contribution >= 0.6 is 12.2 Å². The number of aromatic nitrogens is 1. The van der Waals surface area contributed by atoms with Gasteiger partial charge in [-0.15, -0.1) is 0 Å². The van der Waals surface area contributed by atoms with Crippen molar-refractivity contribution >= 4 is 33.9 Å². The molecule has 1 heterocycles. The molecule has 0 aliphatic carbocycles. The number of aryl methyl sites for hydroxylation is 1. The van der Waals surface area contributed by atoms with Crippen LogP contribution in [0.3, 0.4) is 0 Å². The number of hydrogen-bond donors (Lipinski definition) is 2. The summed E-state index contributed by atoms with van der Waals surface area (Å²) in [7, 11) is 1.79. The average Bonchev–Trinajstić information content (AvgIpc) is 2.29. The Labute approximate surface area is 99.9 Å². The second kappa shape index (κ2) is 4.45. The van der Waals surface area contributed by atoms with E-state index in [9.17, 15) is 0 Å². The van der Waals surface area contributed by atoms with E-state index in [1.807, 2.05) is 31.2 Å². The van der Waals surface area contributed by atoms with Gasteiger partial charge in [0.1, 0.15) is 0 Å². The van der Waals surface area contributed by atoms with Crippen molar-refractivity contribution in [1.29, 1.82) is 0 Å². The fourth-order valence-corrected chi connectivity index (χ4v) is 1.64. The lowest BCUT2D eigenvalue weighted by atomic mass is 10.2. The van der Waals surface area contributed by atoms with E-state index in [1.54, 1.807) is 7.05 Å². The van der Waals surface area contributed by atoms with Crippen molar-refractivity contribution in [2.45, 2.75) is 6.92 Å². The van der Waals surface area contributed by atoms with E-state index in [0.29, 0.717) is 5.11 Å². The van der Waals surface area contributed by atoms with E-state index in [0.717, 1.165) is 22.3 Å². The quantitative estimate of drug-likeness (QED) is 0.739. The summed E-state index contributed by atoms with van der Waals surface area (Å²) in [6.07, 6.45) is 0. The standard InChI is InChI=1S/C12H13N3S/c1-8-6-7-9-4-3-5-10(11(9)14-8)15-12(16)13-2/h3-7H,1-2H3,(H2,13,15,16). The highest BCUT2D eigenvalue weighted by atomic mass is 32.1. The average molecular weight is 231 g/mol. The predicted octanol–water partition coefficient (Wildman–Crippen LogP) is 2.46. The number of rotatable bonds is 1. The van der Waals surface area contributed by atoms with Gasteiger partial charge in [-0.3, -0.25) is 4.98 Å². The fraction of sp³-hybridized carbons (Fsp3) is 0.167. The first-order chi connectivity index (χ1) is 7.70. The maximum atomic E-state index is 5.08.